The Morgan fingerprint density at radius 2 is 2.26 bits per heavy atom. The van der Waals surface area contributed by atoms with Gasteiger partial charge in [0.25, 0.3) is 0 Å². The molecule has 2 rings (SSSR count). The lowest BCUT2D eigenvalue weighted by Crippen LogP contribution is -2.38. The van der Waals surface area contributed by atoms with Crippen LogP contribution in [0.3, 0.4) is 0 Å². The number of methoxy groups -OCH3 is 1. The van der Waals surface area contributed by atoms with Gasteiger partial charge in [-0.05, 0) is 31.9 Å². The molecule has 1 aliphatic rings. The highest BCUT2D eigenvalue weighted by Gasteiger charge is 2.32. The van der Waals surface area contributed by atoms with Crippen LogP contribution in [0.15, 0.2) is 18.2 Å². The molecule has 4 nitrogen and oxygen atoms in total. The van der Waals surface area contributed by atoms with Crippen LogP contribution in [-0.4, -0.2) is 30.7 Å². The number of nitrogens with zero attached hydrogens (tertiary/aromatic N) is 1. The molecule has 102 valence electrons. The van der Waals surface area contributed by atoms with E-state index < -0.39 is 0 Å². The van der Waals surface area contributed by atoms with Crippen molar-refractivity contribution >= 4 is 28.9 Å². The van der Waals surface area contributed by atoms with Crippen molar-refractivity contribution in [2.45, 2.75) is 25.8 Å². The molecule has 19 heavy (non-hydrogen) atoms. The maximum absolute atomic E-state index is 11.8. The summed E-state index contributed by atoms with van der Waals surface area (Å²) >= 11 is 5.11. The Morgan fingerprint density at radius 3 is 2.89 bits per heavy atom. The van der Waals surface area contributed by atoms with Crippen molar-refractivity contribution in [2.24, 2.45) is 5.73 Å². The van der Waals surface area contributed by atoms with Crippen molar-refractivity contribution in [2.75, 3.05) is 18.6 Å². The van der Waals surface area contributed by atoms with Gasteiger partial charge in [-0.3, -0.25) is 0 Å². The van der Waals surface area contributed by atoms with Gasteiger partial charge < -0.3 is 15.4 Å². The molecular weight excluding hydrogens is 260 g/mol. The minimum atomic E-state index is -0.235. The number of carbonyl (C=O) groups excluding carboxylic acids is 1. The molecule has 5 heteroatoms. The summed E-state index contributed by atoms with van der Waals surface area (Å²) in [5.41, 5.74) is 8.64. The van der Waals surface area contributed by atoms with Crippen LogP contribution in [-0.2, 0) is 9.53 Å². The third-order valence-corrected chi connectivity index (χ3v) is 3.67. The van der Waals surface area contributed by atoms with Crippen molar-refractivity contribution in [3.05, 3.63) is 29.3 Å². The first-order valence-corrected chi connectivity index (χ1v) is 6.70. The van der Waals surface area contributed by atoms with Gasteiger partial charge in [-0.25, -0.2) is 4.79 Å². The number of thiocarbonyl (C=S) groups is 1. The fourth-order valence-corrected chi connectivity index (χ4v) is 2.70. The van der Waals surface area contributed by atoms with E-state index in [9.17, 15) is 4.79 Å². The second-order valence-electron chi connectivity index (χ2n) is 4.76. The quantitative estimate of drug-likeness (QED) is 0.674. The van der Waals surface area contributed by atoms with Crippen LogP contribution in [0.25, 0.3) is 0 Å². The van der Waals surface area contributed by atoms with Crippen LogP contribution in [0.1, 0.15) is 24.0 Å². The number of ether oxygens (including phenoxy) is 1. The summed E-state index contributed by atoms with van der Waals surface area (Å²) in [6, 6.07) is 5.71. The number of benzene rings is 1. The first kappa shape index (κ1) is 13.8. The zero-order chi connectivity index (χ0) is 14.0. The number of carbonyl (C=O) groups is 1. The number of hydrogen-bond donors (Lipinski definition) is 1. The van der Waals surface area contributed by atoms with Gasteiger partial charge in [0.1, 0.15) is 11.0 Å². The summed E-state index contributed by atoms with van der Waals surface area (Å²) in [6.45, 7) is 2.81. The van der Waals surface area contributed by atoms with E-state index in [0.717, 1.165) is 36.2 Å². The third-order valence-electron chi connectivity index (χ3n) is 3.45. The smallest absolute Gasteiger partial charge is 0.328 e. The lowest BCUT2D eigenvalue weighted by Gasteiger charge is -2.27. The summed E-state index contributed by atoms with van der Waals surface area (Å²) in [7, 11) is 1.42. The van der Waals surface area contributed by atoms with E-state index in [1.807, 2.05) is 30.0 Å². The van der Waals surface area contributed by atoms with Crippen LogP contribution in [0.4, 0.5) is 5.69 Å². The van der Waals surface area contributed by atoms with Crippen molar-refractivity contribution in [3.8, 4) is 0 Å². The fourth-order valence-electron chi connectivity index (χ4n) is 2.53. The first-order valence-electron chi connectivity index (χ1n) is 6.29. The minimum Gasteiger partial charge on any atom is -0.467 e. The highest BCUT2D eigenvalue weighted by molar-refractivity contribution is 7.80. The highest BCUT2D eigenvalue weighted by atomic mass is 32.1. The van der Waals surface area contributed by atoms with Crippen LogP contribution in [0.5, 0.6) is 0 Å². The molecule has 1 aliphatic heterocycles. The summed E-state index contributed by atoms with van der Waals surface area (Å²) in [4.78, 5) is 14.2. The first-order chi connectivity index (χ1) is 9.04. The van der Waals surface area contributed by atoms with Gasteiger partial charge in [0.15, 0.2) is 0 Å². The molecule has 1 heterocycles. The van der Waals surface area contributed by atoms with Crippen molar-refractivity contribution in [1.29, 1.82) is 0 Å². The van der Waals surface area contributed by atoms with E-state index in [1.54, 1.807) is 0 Å². The van der Waals surface area contributed by atoms with Crippen molar-refractivity contribution in [3.63, 3.8) is 0 Å². The summed E-state index contributed by atoms with van der Waals surface area (Å²) in [5.74, 6) is -0.202. The Balaban J connectivity index is 2.40. The molecule has 2 N–H and O–H groups in total. The van der Waals surface area contributed by atoms with E-state index in [2.05, 4.69) is 0 Å². The molecule has 0 spiro atoms. The molecule has 1 atom stereocenters. The predicted octanol–water partition coefficient (Wildman–Crippen LogP) is 1.77. The number of nitrogens with two attached hydrogens (primary N) is 1. The average Bonchev–Trinajstić information content (AvgIpc) is 2.86. The number of rotatable bonds is 3. The number of aryl methyl sites for hydroxylation is 1. The Morgan fingerprint density at radius 1 is 1.53 bits per heavy atom. The van der Waals surface area contributed by atoms with Crippen LogP contribution in [0.2, 0.25) is 0 Å². The highest BCUT2D eigenvalue weighted by Crippen LogP contribution is 2.30. The maximum Gasteiger partial charge on any atom is 0.328 e. The monoisotopic (exact) mass is 278 g/mol. The Labute approximate surface area is 118 Å². The average molecular weight is 278 g/mol. The third kappa shape index (κ3) is 2.71. The molecule has 0 aliphatic carbocycles. The number of anilines is 1. The van der Waals surface area contributed by atoms with Crippen LogP contribution < -0.4 is 10.6 Å². The van der Waals surface area contributed by atoms with E-state index >= 15 is 0 Å². The molecule has 0 radical (unpaired) electrons. The van der Waals surface area contributed by atoms with Gasteiger partial charge in [0.05, 0.1) is 7.11 Å². The molecular formula is C14H18N2O2S. The van der Waals surface area contributed by atoms with E-state index in [-0.39, 0.29) is 12.0 Å². The van der Waals surface area contributed by atoms with Crippen molar-refractivity contribution in [1.82, 2.24) is 0 Å². The number of esters is 1. The van der Waals surface area contributed by atoms with Gasteiger partial charge in [0, 0.05) is 17.8 Å². The van der Waals surface area contributed by atoms with E-state index in [4.69, 9.17) is 22.7 Å². The molecule has 0 saturated carbocycles. The zero-order valence-electron chi connectivity index (χ0n) is 11.2. The predicted molar refractivity (Wildman–Crippen MR) is 79.5 cm³/mol. The molecule has 1 aromatic carbocycles. The lowest BCUT2D eigenvalue weighted by atomic mass is 10.1. The van der Waals surface area contributed by atoms with E-state index in [1.165, 1.54) is 7.11 Å². The molecule has 0 aromatic heterocycles. The molecule has 1 fully saturated rings. The Hall–Kier alpha value is -1.62. The van der Waals surface area contributed by atoms with Gasteiger partial charge in [0.2, 0.25) is 0 Å². The number of hydrogen-bond acceptors (Lipinski definition) is 4. The normalized spacial score (nSPS) is 18.4. The van der Waals surface area contributed by atoms with E-state index in [0.29, 0.717) is 4.99 Å². The van der Waals surface area contributed by atoms with Crippen LogP contribution in [0, 0.1) is 6.92 Å². The van der Waals surface area contributed by atoms with Gasteiger partial charge in [-0.2, -0.15) is 0 Å². The summed E-state index contributed by atoms with van der Waals surface area (Å²) in [5, 5.41) is 0. The summed E-state index contributed by atoms with van der Waals surface area (Å²) in [6.07, 6.45) is 1.77. The second-order valence-corrected chi connectivity index (χ2v) is 5.20. The van der Waals surface area contributed by atoms with Crippen LogP contribution >= 0.6 is 12.2 Å². The molecule has 0 bridgehead atoms. The standard InChI is InChI=1S/C14H18N2O2S/c1-9-5-6-11(10(8-9)13(15)19)16-7-3-4-12(16)14(17)18-2/h5-6,8,12H,3-4,7H2,1-2H3,(H2,15,19). The molecule has 0 amide bonds. The fraction of sp³-hybridized carbons (Fsp3) is 0.429. The molecule has 1 saturated heterocycles. The largest absolute Gasteiger partial charge is 0.467 e. The lowest BCUT2D eigenvalue weighted by molar-refractivity contribution is -0.141. The Kier molecular flexibility index (Phi) is 4.04. The van der Waals surface area contributed by atoms with Gasteiger partial charge >= 0.3 is 5.97 Å². The maximum atomic E-state index is 11.8. The minimum absolute atomic E-state index is 0.202. The second kappa shape index (κ2) is 5.57. The SMILES string of the molecule is COC(=O)C1CCCN1c1ccc(C)cc1C(N)=S. The van der Waals surface area contributed by atoms with Gasteiger partial charge in [-0.1, -0.05) is 23.8 Å². The van der Waals surface area contributed by atoms with Gasteiger partial charge in [-0.15, -0.1) is 0 Å². The topological polar surface area (TPSA) is 55.6 Å². The summed E-state index contributed by atoms with van der Waals surface area (Å²) < 4.78 is 4.87. The molecule has 1 unspecified atom stereocenters. The van der Waals surface area contributed by atoms with Crippen molar-refractivity contribution < 1.29 is 9.53 Å². The zero-order valence-corrected chi connectivity index (χ0v) is 12.0. The Bertz CT molecular complexity index is 516. The molecule has 1 aromatic rings.